The largest absolute Gasteiger partial charge is 0.398 e. The van der Waals surface area contributed by atoms with Crippen molar-refractivity contribution >= 4 is 5.69 Å². The molecule has 84 valence electrons. The summed E-state index contributed by atoms with van der Waals surface area (Å²) in [5.74, 6) is 0. The first-order valence-electron chi connectivity index (χ1n) is 5.56. The summed E-state index contributed by atoms with van der Waals surface area (Å²) in [7, 11) is 0. The Hall–Kier alpha value is -1.84. The van der Waals surface area contributed by atoms with Crippen LogP contribution < -0.4 is 5.73 Å². The molecule has 1 heterocycles. The second-order valence-corrected chi connectivity index (χ2v) is 3.81. The first kappa shape index (κ1) is 10.7. The average Bonchev–Trinajstić information content (AvgIpc) is 2.75. The van der Waals surface area contributed by atoms with Gasteiger partial charge in [0.2, 0.25) is 0 Å². The fourth-order valence-corrected chi connectivity index (χ4v) is 1.58. The van der Waals surface area contributed by atoms with E-state index in [1.807, 2.05) is 35.1 Å². The molecule has 0 fully saturated rings. The molecule has 2 rings (SSSR count). The number of nitrogen functional groups attached to an aromatic ring is 1. The van der Waals surface area contributed by atoms with Crippen molar-refractivity contribution in [3.05, 3.63) is 30.5 Å². The van der Waals surface area contributed by atoms with Crippen molar-refractivity contribution in [2.75, 3.05) is 5.73 Å². The Labute approximate surface area is 95.1 Å². The molecule has 1 aromatic carbocycles. The van der Waals surface area contributed by atoms with E-state index in [1.54, 1.807) is 0 Å². The van der Waals surface area contributed by atoms with E-state index in [4.69, 9.17) is 5.73 Å². The lowest BCUT2D eigenvalue weighted by Gasteiger charge is -1.99. The van der Waals surface area contributed by atoms with Gasteiger partial charge in [-0.3, -0.25) is 4.68 Å². The third kappa shape index (κ3) is 2.21. The van der Waals surface area contributed by atoms with E-state index < -0.39 is 0 Å². The van der Waals surface area contributed by atoms with Crippen molar-refractivity contribution in [2.24, 2.45) is 0 Å². The molecule has 0 radical (unpaired) electrons. The first-order chi connectivity index (χ1) is 7.81. The lowest BCUT2D eigenvalue weighted by atomic mass is 10.1. The molecule has 1 aromatic heterocycles. The Morgan fingerprint density at radius 1 is 1.31 bits per heavy atom. The number of hydrogen-bond acceptors (Lipinski definition) is 3. The van der Waals surface area contributed by atoms with Gasteiger partial charge in [-0.25, -0.2) is 0 Å². The van der Waals surface area contributed by atoms with Crippen LogP contribution in [0.15, 0.2) is 30.5 Å². The molecule has 2 N–H and O–H groups in total. The van der Waals surface area contributed by atoms with Crippen molar-refractivity contribution in [3.8, 4) is 11.3 Å². The predicted molar refractivity (Wildman–Crippen MR) is 64.8 cm³/mol. The number of aromatic nitrogens is 3. The Bertz CT molecular complexity index is 462. The maximum atomic E-state index is 5.88. The van der Waals surface area contributed by atoms with Crippen LogP contribution in [-0.4, -0.2) is 15.0 Å². The molecule has 0 saturated heterocycles. The highest BCUT2D eigenvalue weighted by atomic mass is 15.4. The Morgan fingerprint density at radius 2 is 2.12 bits per heavy atom. The fraction of sp³-hybridized carbons (Fsp3) is 0.333. The van der Waals surface area contributed by atoms with E-state index in [0.29, 0.717) is 0 Å². The normalized spacial score (nSPS) is 10.6. The van der Waals surface area contributed by atoms with Gasteiger partial charge in [-0.05, 0) is 12.5 Å². The van der Waals surface area contributed by atoms with Gasteiger partial charge in [-0.1, -0.05) is 36.8 Å². The number of para-hydroxylation sites is 1. The molecule has 0 saturated carbocycles. The van der Waals surface area contributed by atoms with E-state index in [0.717, 1.165) is 36.3 Å². The molecule has 0 aliphatic heterocycles. The van der Waals surface area contributed by atoms with Crippen molar-refractivity contribution in [2.45, 2.75) is 26.3 Å². The third-order valence-electron chi connectivity index (χ3n) is 2.52. The van der Waals surface area contributed by atoms with Crippen LogP contribution in [-0.2, 0) is 6.54 Å². The minimum Gasteiger partial charge on any atom is -0.398 e. The van der Waals surface area contributed by atoms with Gasteiger partial charge in [0.15, 0.2) is 0 Å². The molecular formula is C12H16N4. The summed E-state index contributed by atoms with van der Waals surface area (Å²) >= 11 is 0. The Morgan fingerprint density at radius 3 is 2.88 bits per heavy atom. The number of aryl methyl sites for hydroxylation is 1. The molecular weight excluding hydrogens is 200 g/mol. The summed E-state index contributed by atoms with van der Waals surface area (Å²) < 4.78 is 1.87. The second-order valence-electron chi connectivity index (χ2n) is 3.81. The van der Waals surface area contributed by atoms with E-state index in [9.17, 15) is 0 Å². The van der Waals surface area contributed by atoms with Gasteiger partial charge in [0, 0.05) is 17.8 Å². The molecule has 0 unspecified atom stereocenters. The van der Waals surface area contributed by atoms with Crippen LogP contribution in [0.5, 0.6) is 0 Å². The van der Waals surface area contributed by atoms with Gasteiger partial charge >= 0.3 is 0 Å². The molecule has 0 aliphatic rings. The summed E-state index contributed by atoms with van der Waals surface area (Å²) in [5, 5.41) is 8.22. The SMILES string of the molecule is CCCCn1cc(-c2ccccc2N)nn1. The van der Waals surface area contributed by atoms with E-state index in [-0.39, 0.29) is 0 Å². The van der Waals surface area contributed by atoms with Crippen LogP contribution in [0.1, 0.15) is 19.8 Å². The third-order valence-corrected chi connectivity index (χ3v) is 2.52. The standard InChI is InChI=1S/C12H16N4/c1-2-3-8-16-9-12(14-15-16)10-6-4-5-7-11(10)13/h4-7,9H,2-3,8,13H2,1H3. The van der Waals surface area contributed by atoms with Crippen molar-refractivity contribution in [1.82, 2.24) is 15.0 Å². The molecule has 4 nitrogen and oxygen atoms in total. The number of nitrogens with zero attached hydrogens (tertiary/aromatic N) is 3. The molecule has 0 aliphatic carbocycles. The highest BCUT2D eigenvalue weighted by molar-refractivity contribution is 5.72. The maximum absolute atomic E-state index is 5.88. The van der Waals surface area contributed by atoms with Gasteiger partial charge in [0.1, 0.15) is 5.69 Å². The first-order valence-corrected chi connectivity index (χ1v) is 5.56. The van der Waals surface area contributed by atoms with Crippen molar-refractivity contribution < 1.29 is 0 Å². The number of benzene rings is 1. The molecule has 0 amide bonds. The summed E-state index contributed by atoms with van der Waals surface area (Å²) in [4.78, 5) is 0. The monoisotopic (exact) mass is 216 g/mol. The summed E-state index contributed by atoms with van der Waals surface area (Å²) in [6.07, 6.45) is 4.22. The zero-order chi connectivity index (χ0) is 11.4. The van der Waals surface area contributed by atoms with Gasteiger partial charge in [0.05, 0.1) is 6.20 Å². The molecule has 2 aromatic rings. The van der Waals surface area contributed by atoms with Crippen molar-refractivity contribution in [1.29, 1.82) is 0 Å². The number of nitrogens with two attached hydrogens (primary N) is 1. The second kappa shape index (κ2) is 4.79. The number of hydrogen-bond donors (Lipinski definition) is 1. The van der Waals surface area contributed by atoms with E-state index in [1.165, 1.54) is 0 Å². The van der Waals surface area contributed by atoms with Gasteiger partial charge in [-0.2, -0.15) is 0 Å². The Kier molecular flexibility index (Phi) is 3.19. The maximum Gasteiger partial charge on any atom is 0.115 e. The van der Waals surface area contributed by atoms with Crippen LogP contribution in [0.4, 0.5) is 5.69 Å². The highest BCUT2D eigenvalue weighted by Gasteiger charge is 2.05. The predicted octanol–water partition coefficient (Wildman–Crippen LogP) is 2.33. The molecule has 4 heteroatoms. The minimum absolute atomic E-state index is 0.741. The van der Waals surface area contributed by atoms with Crippen LogP contribution in [0.3, 0.4) is 0 Å². The smallest absolute Gasteiger partial charge is 0.115 e. The van der Waals surface area contributed by atoms with Crippen LogP contribution in [0.25, 0.3) is 11.3 Å². The zero-order valence-electron chi connectivity index (χ0n) is 9.43. The average molecular weight is 216 g/mol. The van der Waals surface area contributed by atoms with Gasteiger partial charge < -0.3 is 5.73 Å². The topological polar surface area (TPSA) is 56.7 Å². The molecule has 16 heavy (non-hydrogen) atoms. The highest BCUT2D eigenvalue weighted by Crippen LogP contribution is 2.22. The van der Waals surface area contributed by atoms with Crippen LogP contribution in [0, 0.1) is 0 Å². The van der Waals surface area contributed by atoms with Crippen molar-refractivity contribution in [3.63, 3.8) is 0 Å². The molecule has 0 atom stereocenters. The number of anilines is 1. The van der Waals surface area contributed by atoms with Gasteiger partial charge in [-0.15, -0.1) is 5.10 Å². The molecule has 0 spiro atoms. The minimum atomic E-state index is 0.741. The van der Waals surface area contributed by atoms with Crippen LogP contribution in [0.2, 0.25) is 0 Å². The van der Waals surface area contributed by atoms with E-state index >= 15 is 0 Å². The summed E-state index contributed by atoms with van der Waals surface area (Å²) in [5.41, 5.74) is 8.42. The zero-order valence-corrected chi connectivity index (χ0v) is 9.43. The Balaban J connectivity index is 2.22. The van der Waals surface area contributed by atoms with Gasteiger partial charge in [0.25, 0.3) is 0 Å². The fourth-order valence-electron chi connectivity index (χ4n) is 1.58. The summed E-state index contributed by atoms with van der Waals surface area (Å²) in [6.45, 7) is 3.07. The van der Waals surface area contributed by atoms with E-state index in [2.05, 4.69) is 17.2 Å². The summed E-state index contributed by atoms with van der Waals surface area (Å²) in [6, 6.07) is 7.71. The lowest BCUT2D eigenvalue weighted by molar-refractivity contribution is 0.553. The number of rotatable bonds is 4. The quantitative estimate of drug-likeness (QED) is 0.798. The molecule has 0 bridgehead atoms. The lowest BCUT2D eigenvalue weighted by Crippen LogP contribution is -1.97. The van der Waals surface area contributed by atoms with Crippen LogP contribution >= 0.6 is 0 Å². The number of unbranched alkanes of at least 4 members (excludes halogenated alkanes) is 1.